The number of allylic oxidation sites excluding steroid dienone is 2. The minimum atomic E-state index is -0.893. The van der Waals surface area contributed by atoms with Gasteiger partial charge in [0.05, 0.1) is 23.9 Å². The molecule has 1 aliphatic carbocycles. The van der Waals surface area contributed by atoms with Crippen molar-refractivity contribution in [1.29, 1.82) is 0 Å². The lowest BCUT2D eigenvalue weighted by atomic mass is 9.94. The van der Waals surface area contributed by atoms with Crippen LogP contribution in [-0.2, 0) is 0 Å². The van der Waals surface area contributed by atoms with Crippen LogP contribution in [-0.4, -0.2) is 52.5 Å². The number of amides is 2. The molecule has 3 aromatic rings. The highest BCUT2D eigenvalue weighted by Crippen LogP contribution is 2.32. The zero-order valence-electron chi connectivity index (χ0n) is 21.4. The van der Waals surface area contributed by atoms with Crippen LogP contribution in [0.3, 0.4) is 0 Å². The first-order valence-corrected chi connectivity index (χ1v) is 12.8. The molecule has 2 amide bonds. The maximum Gasteiger partial charge on any atom is 0.320 e. The molecular formula is C29H31F2N5O2. The average molecular weight is 520 g/mol. The Kier molecular flexibility index (Phi) is 7.55. The molecule has 9 heteroatoms. The highest BCUT2D eigenvalue weighted by atomic mass is 19.2. The zero-order chi connectivity index (χ0) is 26.6. The molecule has 38 heavy (non-hydrogen) atoms. The number of rotatable bonds is 7. The summed E-state index contributed by atoms with van der Waals surface area (Å²) >= 11 is 0. The third kappa shape index (κ3) is 5.33. The van der Waals surface area contributed by atoms with Gasteiger partial charge in [0, 0.05) is 25.0 Å². The van der Waals surface area contributed by atoms with Crippen LogP contribution in [0, 0.1) is 18.6 Å². The van der Waals surface area contributed by atoms with Crippen LogP contribution in [0.2, 0.25) is 0 Å². The molecule has 2 N–H and O–H groups in total. The number of halogens is 2. The number of nitrogens with one attached hydrogen (secondary N) is 2. The van der Waals surface area contributed by atoms with Crippen LogP contribution in [0.25, 0.3) is 5.69 Å². The van der Waals surface area contributed by atoms with Crippen molar-refractivity contribution >= 4 is 11.8 Å². The van der Waals surface area contributed by atoms with Crippen molar-refractivity contribution < 1.29 is 18.3 Å². The van der Waals surface area contributed by atoms with Gasteiger partial charge in [0.1, 0.15) is 5.82 Å². The Morgan fingerprint density at radius 2 is 1.92 bits per heavy atom. The van der Waals surface area contributed by atoms with E-state index in [1.165, 1.54) is 6.07 Å². The molecule has 1 aliphatic heterocycles. The summed E-state index contributed by atoms with van der Waals surface area (Å²) in [4.78, 5) is 15.6. The van der Waals surface area contributed by atoms with E-state index in [2.05, 4.69) is 32.8 Å². The SMILES string of the molecule is CCOc1nn(-c2ccccc2)c(NC(=O)N[C@@H]2CN(C3C=CC=CC3)C[C@H]2c2ccc(F)c(F)c2)c1C. The molecule has 1 fully saturated rings. The zero-order valence-corrected chi connectivity index (χ0v) is 21.4. The topological polar surface area (TPSA) is 71.4 Å². The van der Waals surface area contributed by atoms with Gasteiger partial charge in [-0.25, -0.2) is 18.3 Å². The molecule has 2 aliphatic rings. The third-order valence-corrected chi connectivity index (χ3v) is 7.06. The predicted molar refractivity (Wildman–Crippen MR) is 143 cm³/mol. The molecule has 0 bridgehead atoms. The van der Waals surface area contributed by atoms with E-state index in [1.54, 1.807) is 10.7 Å². The van der Waals surface area contributed by atoms with E-state index < -0.39 is 17.7 Å². The van der Waals surface area contributed by atoms with E-state index >= 15 is 0 Å². The quantitative estimate of drug-likeness (QED) is 0.443. The summed E-state index contributed by atoms with van der Waals surface area (Å²) in [6.07, 6.45) is 9.11. The molecule has 1 unspecified atom stereocenters. The number of aromatic nitrogens is 2. The first kappa shape index (κ1) is 25.7. The van der Waals surface area contributed by atoms with Gasteiger partial charge in [-0.2, -0.15) is 0 Å². The number of urea groups is 1. The number of hydrogen-bond acceptors (Lipinski definition) is 4. The van der Waals surface area contributed by atoms with Crippen molar-refractivity contribution in [3.05, 3.63) is 95.6 Å². The standard InChI is InChI=1S/C29H31F2N5O2/c1-3-38-28-19(2)27(36(34-28)22-12-8-5-9-13-22)33-29(37)32-26-18-35(21-10-6-4-7-11-21)17-23(26)20-14-15-24(30)25(31)16-20/h4-10,12-16,21,23,26H,3,11,17-18H2,1-2H3,(H2,32,33,37)/t21?,23-,26+/m0/s1. The molecule has 0 radical (unpaired) electrons. The summed E-state index contributed by atoms with van der Waals surface area (Å²) in [7, 11) is 0. The number of hydrogen-bond donors (Lipinski definition) is 2. The summed E-state index contributed by atoms with van der Waals surface area (Å²) < 4.78 is 35.2. The van der Waals surface area contributed by atoms with Gasteiger partial charge in [-0.05, 0) is 50.1 Å². The van der Waals surface area contributed by atoms with Crippen molar-refractivity contribution in [3.8, 4) is 11.6 Å². The Hall–Kier alpha value is -3.98. The van der Waals surface area contributed by atoms with Gasteiger partial charge in [-0.1, -0.05) is 48.6 Å². The maximum absolute atomic E-state index is 14.1. The Bertz CT molecular complexity index is 1350. The van der Waals surface area contributed by atoms with Crippen molar-refractivity contribution in [3.63, 3.8) is 0 Å². The van der Waals surface area contributed by atoms with Crippen molar-refractivity contribution in [2.75, 3.05) is 25.0 Å². The van der Waals surface area contributed by atoms with Gasteiger partial charge in [-0.15, -0.1) is 5.10 Å². The van der Waals surface area contributed by atoms with Crippen molar-refractivity contribution in [2.24, 2.45) is 0 Å². The fraction of sp³-hybridized carbons (Fsp3) is 0.310. The van der Waals surface area contributed by atoms with E-state index in [1.807, 2.05) is 56.3 Å². The maximum atomic E-state index is 14.1. The van der Waals surface area contributed by atoms with Gasteiger partial charge < -0.3 is 10.1 Å². The molecule has 198 valence electrons. The summed E-state index contributed by atoms with van der Waals surface area (Å²) in [5, 5.41) is 10.6. The summed E-state index contributed by atoms with van der Waals surface area (Å²) in [6, 6.07) is 12.9. The lowest BCUT2D eigenvalue weighted by Crippen LogP contribution is -2.43. The highest BCUT2D eigenvalue weighted by Gasteiger charge is 2.38. The second kappa shape index (κ2) is 11.2. The van der Waals surface area contributed by atoms with Crippen LogP contribution in [0.1, 0.15) is 30.4 Å². The lowest BCUT2D eigenvalue weighted by molar-refractivity contribution is 0.244. The Labute approximate surface area is 220 Å². The fourth-order valence-corrected chi connectivity index (χ4v) is 5.13. The Morgan fingerprint density at radius 1 is 1.11 bits per heavy atom. The number of anilines is 1. The van der Waals surface area contributed by atoms with Gasteiger partial charge in [0.2, 0.25) is 5.88 Å². The first-order chi connectivity index (χ1) is 18.4. The molecule has 3 atom stereocenters. The van der Waals surface area contributed by atoms with E-state index in [0.717, 1.165) is 18.2 Å². The predicted octanol–water partition coefficient (Wildman–Crippen LogP) is 5.33. The molecule has 2 heterocycles. The van der Waals surface area contributed by atoms with Crippen molar-refractivity contribution in [1.82, 2.24) is 20.0 Å². The molecule has 0 spiro atoms. The smallest absolute Gasteiger partial charge is 0.320 e. The van der Waals surface area contributed by atoms with E-state index in [9.17, 15) is 13.6 Å². The van der Waals surface area contributed by atoms with Gasteiger partial charge in [0.25, 0.3) is 0 Å². The molecule has 1 aromatic heterocycles. The van der Waals surface area contributed by atoms with Gasteiger partial charge >= 0.3 is 6.03 Å². The molecular weight excluding hydrogens is 488 g/mol. The van der Waals surface area contributed by atoms with E-state index in [0.29, 0.717) is 42.5 Å². The van der Waals surface area contributed by atoms with Crippen LogP contribution in [0.15, 0.2) is 72.8 Å². The number of nitrogens with zero attached hydrogens (tertiary/aromatic N) is 3. The second-order valence-corrected chi connectivity index (χ2v) is 9.51. The van der Waals surface area contributed by atoms with Crippen molar-refractivity contribution in [2.45, 2.75) is 38.3 Å². The minimum Gasteiger partial charge on any atom is -0.477 e. The number of carbonyl (C=O) groups excluding carboxylic acids is 1. The number of carbonyl (C=O) groups is 1. The fourth-order valence-electron chi connectivity index (χ4n) is 5.13. The molecule has 5 rings (SSSR count). The molecule has 0 saturated carbocycles. The second-order valence-electron chi connectivity index (χ2n) is 9.51. The monoisotopic (exact) mass is 519 g/mol. The summed E-state index contributed by atoms with van der Waals surface area (Å²) in [6.45, 7) is 5.34. The van der Waals surface area contributed by atoms with Crippen LogP contribution in [0.5, 0.6) is 5.88 Å². The number of benzene rings is 2. The largest absolute Gasteiger partial charge is 0.477 e. The normalized spacial score (nSPS) is 21.0. The van der Waals surface area contributed by atoms with Crippen LogP contribution >= 0.6 is 0 Å². The Morgan fingerprint density at radius 3 is 2.63 bits per heavy atom. The Balaban J connectivity index is 1.39. The van der Waals surface area contributed by atoms with Crippen LogP contribution in [0.4, 0.5) is 19.4 Å². The average Bonchev–Trinajstić information content (AvgIpc) is 3.48. The minimum absolute atomic E-state index is 0.179. The van der Waals surface area contributed by atoms with Crippen LogP contribution < -0.4 is 15.4 Å². The molecule has 7 nitrogen and oxygen atoms in total. The molecule has 1 saturated heterocycles. The number of para-hydroxylation sites is 1. The first-order valence-electron chi connectivity index (χ1n) is 12.8. The van der Waals surface area contributed by atoms with E-state index in [4.69, 9.17) is 4.74 Å². The van der Waals surface area contributed by atoms with Gasteiger partial charge in [-0.3, -0.25) is 10.2 Å². The number of likely N-dealkylation sites (tertiary alicyclic amines) is 1. The van der Waals surface area contributed by atoms with Gasteiger partial charge in [0.15, 0.2) is 11.6 Å². The third-order valence-electron chi connectivity index (χ3n) is 7.06. The molecule has 2 aromatic carbocycles. The number of ether oxygens (including phenoxy) is 1. The highest BCUT2D eigenvalue weighted by molar-refractivity contribution is 5.90. The summed E-state index contributed by atoms with van der Waals surface area (Å²) in [5.74, 6) is -1.06. The van der Waals surface area contributed by atoms with E-state index in [-0.39, 0.29) is 18.0 Å². The summed E-state index contributed by atoms with van der Waals surface area (Å²) in [5.41, 5.74) is 2.13. The lowest BCUT2D eigenvalue weighted by Gasteiger charge is -2.25.